The standard InChI is InChI=1S/C65H56N4/c1-4-6-8-10-22-45-40-46(23-11-9-7-5-2)42-50(41-45)69-62-33-21-18-30-57(62)65(55-28-16-12-26-53(55)64(59(44-66)67-3)54-27-13-17-29-56(54)65)58-43-48(36-39-63(58)69)47-34-37-49(38-35-47)68-60-31-19-14-24-51(60)52-25-15-20-32-61(52)68/h12-21,24-43H,4-11,22-23H2,1-2H3. The van der Waals surface area contributed by atoms with Crippen molar-refractivity contribution < 1.29 is 0 Å². The van der Waals surface area contributed by atoms with Crippen molar-refractivity contribution in [2.75, 3.05) is 4.90 Å². The highest BCUT2D eigenvalue weighted by molar-refractivity contribution is 6.09. The number of rotatable bonds is 13. The van der Waals surface area contributed by atoms with Crippen LogP contribution in [0.15, 0.2) is 188 Å². The van der Waals surface area contributed by atoms with E-state index in [0.717, 1.165) is 63.3 Å². The first kappa shape index (κ1) is 43.6. The summed E-state index contributed by atoms with van der Waals surface area (Å²) in [7, 11) is 0. The molecule has 0 atom stereocenters. The van der Waals surface area contributed by atoms with E-state index in [1.807, 2.05) is 12.1 Å². The summed E-state index contributed by atoms with van der Waals surface area (Å²) >= 11 is 0. The molecule has 0 radical (unpaired) electrons. The van der Waals surface area contributed by atoms with Crippen LogP contribution in [0, 0.1) is 17.9 Å². The lowest BCUT2D eigenvalue weighted by molar-refractivity contribution is 0.661. The molecule has 1 aliphatic carbocycles. The van der Waals surface area contributed by atoms with Crippen LogP contribution in [-0.2, 0) is 18.3 Å². The molecule has 2 aliphatic rings. The van der Waals surface area contributed by atoms with Crippen LogP contribution in [0.2, 0.25) is 0 Å². The van der Waals surface area contributed by atoms with Gasteiger partial charge in [0.05, 0.1) is 40.5 Å². The molecule has 336 valence electrons. The monoisotopic (exact) mass is 892 g/mol. The molecule has 0 unspecified atom stereocenters. The molecular formula is C65H56N4. The van der Waals surface area contributed by atoms with Crippen molar-refractivity contribution in [3.8, 4) is 22.9 Å². The quantitative estimate of drug-likeness (QED) is 0.0657. The van der Waals surface area contributed by atoms with E-state index >= 15 is 0 Å². The van der Waals surface area contributed by atoms with Gasteiger partial charge in [0, 0.05) is 27.7 Å². The molecule has 1 spiro atoms. The number of anilines is 3. The Labute approximate surface area is 407 Å². The third-order valence-electron chi connectivity index (χ3n) is 14.8. The van der Waals surface area contributed by atoms with Gasteiger partial charge < -0.3 is 9.47 Å². The highest BCUT2D eigenvalue weighted by Gasteiger charge is 2.51. The molecule has 1 aromatic heterocycles. The number of unbranched alkanes of at least 4 members (excludes halogenated alkanes) is 6. The van der Waals surface area contributed by atoms with Crippen LogP contribution in [0.4, 0.5) is 17.1 Å². The molecule has 9 aromatic rings. The fourth-order valence-electron chi connectivity index (χ4n) is 11.7. The Balaban J connectivity index is 1.15. The number of nitriles is 1. The number of benzene rings is 8. The maximum Gasteiger partial charge on any atom is 0.270 e. The fourth-order valence-corrected chi connectivity index (χ4v) is 11.7. The number of hydrogen-bond acceptors (Lipinski definition) is 2. The van der Waals surface area contributed by atoms with Gasteiger partial charge in [-0.05, 0) is 136 Å². The van der Waals surface area contributed by atoms with Crippen molar-refractivity contribution in [1.29, 1.82) is 5.26 Å². The van der Waals surface area contributed by atoms with E-state index in [2.05, 4.69) is 204 Å². The summed E-state index contributed by atoms with van der Waals surface area (Å²) in [5.41, 5.74) is 18.4. The summed E-state index contributed by atoms with van der Waals surface area (Å²) in [6, 6.07) is 69.2. The Bertz CT molecular complexity index is 3370. The van der Waals surface area contributed by atoms with Gasteiger partial charge in [-0.2, -0.15) is 0 Å². The van der Waals surface area contributed by atoms with Gasteiger partial charge in [-0.3, -0.25) is 0 Å². The average molecular weight is 893 g/mol. The van der Waals surface area contributed by atoms with E-state index in [1.165, 1.54) is 101 Å². The number of allylic oxidation sites excluding steroid dienone is 1. The molecule has 0 N–H and O–H groups in total. The number of fused-ring (bicyclic) bond motifs is 11. The van der Waals surface area contributed by atoms with Crippen LogP contribution in [0.5, 0.6) is 0 Å². The summed E-state index contributed by atoms with van der Waals surface area (Å²) in [6.07, 6.45) is 11.9. The number of aromatic nitrogens is 1. The summed E-state index contributed by atoms with van der Waals surface area (Å²) in [6.45, 7) is 12.8. The van der Waals surface area contributed by atoms with Crippen LogP contribution in [0.1, 0.15) is 110 Å². The highest BCUT2D eigenvalue weighted by Crippen LogP contribution is 2.62. The number of nitrogens with zero attached hydrogens (tertiary/aromatic N) is 4. The van der Waals surface area contributed by atoms with E-state index in [9.17, 15) is 5.26 Å². The lowest BCUT2D eigenvalue weighted by atomic mass is 9.56. The Morgan fingerprint density at radius 1 is 0.507 bits per heavy atom. The van der Waals surface area contributed by atoms with Gasteiger partial charge in [-0.1, -0.05) is 180 Å². The van der Waals surface area contributed by atoms with E-state index < -0.39 is 5.41 Å². The second kappa shape index (κ2) is 18.6. The lowest BCUT2D eigenvalue weighted by Crippen LogP contribution is -2.41. The zero-order chi connectivity index (χ0) is 46.9. The summed E-state index contributed by atoms with van der Waals surface area (Å²) in [5.74, 6) is 0. The highest BCUT2D eigenvalue weighted by atomic mass is 15.2. The number of para-hydroxylation sites is 3. The van der Waals surface area contributed by atoms with Crippen molar-refractivity contribution in [2.24, 2.45) is 0 Å². The van der Waals surface area contributed by atoms with Gasteiger partial charge in [0.25, 0.3) is 5.70 Å². The molecule has 0 saturated carbocycles. The van der Waals surface area contributed by atoms with Crippen molar-refractivity contribution in [2.45, 2.75) is 83.5 Å². The second-order valence-corrected chi connectivity index (χ2v) is 18.9. The zero-order valence-electron chi connectivity index (χ0n) is 39.7. The van der Waals surface area contributed by atoms with Crippen LogP contribution < -0.4 is 4.90 Å². The summed E-state index contributed by atoms with van der Waals surface area (Å²) < 4.78 is 2.38. The minimum Gasteiger partial charge on any atom is -0.310 e. The van der Waals surface area contributed by atoms with Crippen LogP contribution in [0.25, 0.3) is 49.0 Å². The first-order valence-electron chi connectivity index (χ1n) is 25.1. The third kappa shape index (κ3) is 7.35. The first-order valence-corrected chi connectivity index (χ1v) is 25.1. The second-order valence-electron chi connectivity index (χ2n) is 18.9. The predicted octanol–water partition coefficient (Wildman–Crippen LogP) is 17.4. The molecule has 1 aliphatic heterocycles. The number of aryl methyl sites for hydroxylation is 2. The summed E-state index contributed by atoms with van der Waals surface area (Å²) in [5, 5.41) is 13.0. The van der Waals surface area contributed by atoms with Crippen molar-refractivity contribution >= 4 is 44.4 Å². The largest absolute Gasteiger partial charge is 0.310 e. The van der Waals surface area contributed by atoms with Crippen molar-refractivity contribution in [3.63, 3.8) is 0 Å². The molecule has 0 amide bonds. The molecule has 0 fully saturated rings. The normalized spacial score (nSPS) is 14.5. The maximum absolute atomic E-state index is 10.5. The third-order valence-corrected chi connectivity index (χ3v) is 14.8. The van der Waals surface area contributed by atoms with Crippen molar-refractivity contribution in [3.05, 3.63) is 244 Å². The zero-order valence-corrected chi connectivity index (χ0v) is 39.7. The molecule has 2 heterocycles. The van der Waals surface area contributed by atoms with E-state index in [4.69, 9.17) is 6.57 Å². The minimum absolute atomic E-state index is 0.106. The smallest absolute Gasteiger partial charge is 0.270 e. The molecule has 0 bridgehead atoms. The molecule has 4 nitrogen and oxygen atoms in total. The van der Waals surface area contributed by atoms with Gasteiger partial charge in [0.15, 0.2) is 0 Å². The Kier molecular flexibility index (Phi) is 11.8. The van der Waals surface area contributed by atoms with Crippen LogP contribution in [-0.4, -0.2) is 4.57 Å². The van der Waals surface area contributed by atoms with Gasteiger partial charge in [0.1, 0.15) is 0 Å². The Morgan fingerprint density at radius 3 is 1.61 bits per heavy atom. The average Bonchev–Trinajstić information content (AvgIpc) is 3.74. The number of hydrogen-bond donors (Lipinski definition) is 0. The van der Waals surface area contributed by atoms with E-state index in [-0.39, 0.29) is 5.70 Å². The van der Waals surface area contributed by atoms with Crippen molar-refractivity contribution in [1.82, 2.24) is 4.57 Å². The maximum atomic E-state index is 10.5. The summed E-state index contributed by atoms with van der Waals surface area (Å²) in [4.78, 5) is 6.39. The van der Waals surface area contributed by atoms with Gasteiger partial charge in [0.2, 0.25) is 0 Å². The Morgan fingerprint density at radius 2 is 1.03 bits per heavy atom. The molecule has 8 aromatic carbocycles. The fraction of sp³-hybridized carbons (Fsp3) is 0.200. The topological polar surface area (TPSA) is 36.3 Å². The Hall–Kier alpha value is -7.92. The molecule has 69 heavy (non-hydrogen) atoms. The van der Waals surface area contributed by atoms with Gasteiger partial charge >= 0.3 is 0 Å². The first-order chi connectivity index (χ1) is 34.1. The van der Waals surface area contributed by atoms with E-state index in [0.29, 0.717) is 5.57 Å². The molecular weight excluding hydrogens is 837 g/mol. The SMILES string of the molecule is [C-]#[N+]C(C#N)=C1c2ccccc2C2(c3ccccc31)c1ccccc1N(c1cc(CCCCCC)cc(CCCCCC)c1)c1ccc(-c3ccc(-n4c5ccccc5c5ccccc54)cc3)cc12. The lowest BCUT2D eigenvalue weighted by Gasteiger charge is -2.50. The molecule has 11 rings (SSSR count). The van der Waals surface area contributed by atoms with E-state index in [1.54, 1.807) is 0 Å². The molecule has 4 heteroatoms. The van der Waals surface area contributed by atoms with Gasteiger partial charge in [-0.25, -0.2) is 10.1 Å². The van der Waals surface area contributed by atoms with Crippen LogP contribution in [0.3, 0.4) is 0 Å². The molecule has 0 saturated heterocycles. The predicted molar refractivity (Wildman–Crippen MR) is 287 cm³/mol. The van der Waals surface area contributed by atoms with Crippen LogP contribution >= 0.6 is 0 Å². The minimum atomic E-state index is -0.790. The van der Waals surface area contributed by atoms with Gasteiger partial charge in [-0.15, -0.1) is 0 Å².